The lowest BCUT2D eigenvalue weighted by atomic mass is 10.1. The topological polar surface area (TPSA) is 75.6 Å². The van der Waals surface area contributed by atoms with Crippen molar-refractivity contribution in [1.29, 1.82) is 0 Å². The maximum Gasteiger partial charge on any atom is 0.307 e. The molecule has 6 heteroatoms. The summed E-state index contributed by atoms with van der Waals surface area (Å²) in [7, 11) is 1.46. The molecule has 0 aliphatic heterocycles. The summed E-state index contributed by atoms with van der Waals surface area (Å²) < 4.78 is 5.71. The summed E-state index contributed by atoms with van der Waals surface area (Å²) in [6, 6.07) is 3.34. The van der Waals surface area contributed by atoms with Gasteiger partial charge in [0.1, 0.15) is 5.75 Å². The smallest absolute Gasteiger partial charge is 0.307 e. The predicted molar refractivity (Wildman–Crippen MR) is 66.3 cm³/mol. The van der Waals surface area contributed by atoms with E-state index in [0.717, 1.165) is 0 Å². The van der Waals surface area contributed by atoms with Gasteiger partial charge < -0.3 is 15.2 Å². The molecule has 5 nitrogen and oxygen atoms in total. The number of carboxylic acid groups (broad SMARTS) is 1. The average molecular weight is 302 g/mol. The Morgan fingerprint density at radius 2 is 2.12 bits per heavy atom. The Kier molecular flexibility index (Phi) is 4.51. The number of anilines is 1. The Morgan fingerprint density at radius 1 is 1.47 bits per heavy atom. The van der Waals surface area contributed by atoms with Crippen molar-refractivity contribution in [2.24, 2.45) is 0 Å². The van der Waals surface area contributed by atoms with Crippen molar-refractivity contribution < 1.29 is 19.4 Å². The first-order valence-corrected chi connectivity index (χ1v) is 5.59. The first-order valence-electron chi connectivity index (χ1n) is 4.80. The maximum atomic E-state index is 11.1. The fraction of sp³-hybridized carbons (Fsp3) is 0.273. The molecule has 0 fully saturated rings. The lowest BCUT2D eigenvalue weighted by Gasteiger charge is -2.14. The number of carbonyl (C=O) groups excluding carboxylic acids is 1. The van der Waals surface area contributed by atoms with Crippen molar-refractivity contribution >= 4 is 33.5 Å². The molecule has 1 rings (SSSR count). The second-order valence-corrected chi connectivity index (χ2v) is 4.21. The van der Waals surface area contributed by atoms with Gasteiger partial charge in [0.05, 0.1) is 19.2 Å². The van der Waals surface area contributed by atoms with Gasteiger partial charge in [0.15, 0.2) is 0 Å². The fourth-order valence-corrected chi connectivity index (χ4v) is 1.88. The van der Waals surface area contributed by atoms with Gasteiger partial charge in [-0.25, -0.2) is 0 Å². The Bertz CT molecular complexity index is 459. The van der Waals surface area contributed by atoms with E-state index in [0.29, 0.717) is 21.5 Å². The molecule has 1 aromatic carbocycles. The normalized spacial score (nSPS) is 9.82. The summed E-state index contributed by atoms with van der Waals surface area (Å²) in [6.45, 7) is 1.35. The van der Waals surface area contributed by atoms with Crippen LogP contribution < -0.4 is 10.1 Å². The molecule has 92 valence electrons. The van der Waals surface area contributed by atoms with E-state index in [9.17, 15) is 9.59 Å². The largest absolute Gasteiger partial charge is 0.495 e. The highest BCUT2D eigenvalue weighted by atomic mass is 79.9. The molecule has 0 heterocycles. The van der Waals surface area contributed by atoms with E-state index >= 15 is 0 Å². The Hall–Kier alpha value is -1.56. The summed E-state index contributed by atoms with van der Waals surface area (Å²) in [4.78, 5) is 21.9. The first kappa shape index (κ1) is 13.5. The van der Waals surface area contributed by atoms with Crippen LogP contribution in [0.15, 0.2) is 16.6 Å². The number of carbonyl (C=O) groups is 2. The first-order chi connectivity index (χ1) is 7.95. The van der Waals surface area contributed by atoms with Crippen molar-refractivity contribution in [3.63, 3.8) is 0 Å². The van der Waals surface area contributed by atoms with Crippen LogP contribution >= 0.6 is 15.9 Å². The van der Waals surface area contributed by atoms with Crippen molar-refractivity contribution in [3.8, 4) is 5.75 Å². The molecule has 0 atom stereocenters. The maximum absolute atomic E-state index is 11.1. The number of carboxylic acids is 1. The van der Waals surface area contributed by atoms with Crippen molar-refractivity contribution in [2.75, 3.05) is 12.4 Å². The summed E-state index contributed by atoms with van der Waals surface area (Å²) in [6.07, 6.45) is -0.201. The highest BCUT2D eigenvalue weighted by Gasteiger charge is 2.16. The van der Waals surface area contributed by atoms with E-state index in [2.05, 4.69) is 21.2 Å². The molecule has 0 aliphatic carbocycles. The fourth-order valence-electron chi connectivity index (χ4n) is 1.41. The molecular formula is C11H12BrNO4. The zero-order valence-corrected chi connectivity index (χ0v) is 11.0. The van der Waals surface area contributed by atoms with Gasteiger partial charge in [0, 0.05) is 17.0 Å². The Morgan fingerprint density at radius 3 is 2.59 bits per heavy atom. The average Bonchev–Trinajstić information content (AvgIpc) is 2.22. The van der Waals surface area contributed by atoms with Gasteiger partial charge in [-0.15, -0.1) is 0 Å². The Balaban J connectivity index is 3.30. The number of amides is 1. The van der Waals surface area contributed by atoms with Gasteiger partial charge in [-0.1, -0.05) is 15.9 Å². The molecule has 0 bridgehead atoms. The molecule has 0 aliphatic rings. The van der Waals surface area contributed by atoms with E-state index in [1.54, 1.807) is 12.1 Å². The Labute approximate surface area is 107 Å². The third-order valence-electron chi connectivity index (χ3n) is 2.07. The van der Waals surface area contributed by atoms with Gasteiger partial charge in [-0.3, -0.25) is 9.59 Å². The second kappa shape index (κ2) is 5.67. The van der Waals surface area contributed by atoms with Gasteiger partial charge in [-0.2, -0.15) is 0 Å². The lowest BCUT2D eigenvalue weighted by Crippen LogP contribution is -2.12. The molecule has 1 aromatic rings. The summed E-state index contributed by atoms with van der Waals surface area (Å²) in [5.41, 5.74) is 0.865. The van der Waals surface area contributed by atoms with Crippen molar-refractivity contribution in [3.05, 3.63) is 22.2 Å². The molecule has 1 amide bonds. The van der Waals surface area contributed by atoms with E-state index in [-0.39, 0.29) is 12.3 Å². The number of ether oxygens (including phenoxy) is 1. The number of methoxy groups -OCH3 is 1. The van der Waals surface area contributed by atoms with E-state index in [1.807, 2.05) is 0 Å². The van der Waals surface area contributed by atoms with Crippen LogP contribution in [0.25, 0.3) is 0 Å². The standard InChI is InChI=1S/C11H12BrNO4/c1-6(14)13-11-7(5-10(15)16)8(12)3-4-9(11)17-2/h3-4H,5H2,1-2H3,(H,13,14)(H,15,16). The molecule has 2 N–H and O–H groups in total. The van der Waals surface area contributed by atoms with Crippen LogP contribution in [0.3, 0.4) is 0 Å². The molecular weight excluding hydrogens is 290 g/mol. The number of nitrogens with one attached hydrogen (secondary N) is 1. The van der Waals surface area contributed by atoms with Crippen molar-refractivity contribution in [2.45, 2.75) is 13.3 Å². The minimum Gasteiger partial charge on any atom is -0.495 e. The SMILES string of the molecule is COc1ccc(Br)c(CC(=O)O)c1NC(C)=O. The van der Waals surface area contributed by atoms with E-state index in [1.165, 1.54) is 14.0 Å². The van der Waals surface area contributed by atoms with Crippen LogP contribution in [-0.2, 0) is 16.0 Å². The van der Waals surface area contributed by atoms with Crippen LogP contribution in [0.2, 0.25) is 0 Å². The molecule has 0 saturated heterocycles. The minimum absolute atomic E-state index is 0.201. The number of rotatable bonds is 4. The monoisotopic (exact) mass is 301 g/mol. The van der Waals surface area contributed by atoms with Gasteiger partial charge in [0.2, 0.25) is 5.91 Å². The zero-order valence-electron chi connectivity index (χ0n) is 9.41. The van der Waals surface area contributed by atoms with Gasteiger partial charge in [0.25, 0.3) is 0 Å². The van der Waals surface area contributed by atoms with Crippen molar-refractivity contribution in [1.82, 2.24) is 0 Å². The molecule has 0 unspecified atom stereocenters. The molecule has 17 heavy (non-hydrogen) atoms. The minimum atomic E-state index is -0.981. The quantitative estimate of drug-likeness (QED) is 0.892. The molecule has 0 spiro atoms. The molecule has 0 radical (unpaired) electrons. The van der Waals surface area contributed by atoms with Gasteiger partial charge >= 0.3 is 5.97 Å². The van der Waals surface area contributed by atoms with Crippen LogP contribution in [0.5, 0.6) is 5.75 Å². The van der Waals surface area contributed by atoms with Crippen LogP contribution in [0, 0.1) is 0 Å². The van der Waals surface area contributed by atoms with Crippen LogP contribution in [0.1, 0.15) is 12.5 Å². The number of halogens is 1. The van der Waals surface area contributed by atoms with E-state index < -0.39 is 5.97 Å². The van der Waals surface area contributed by atoms with E-state index in [4.69, 9.17) is 9.84 Å². The molecule has 0 saturated carbocycles. The second-order valence-electron chi connectivity index (χ2n) is 3.35. The molecule has 0 aromatic heterocycles. The summed E-state index contributed by atoms with van der Waals surface area (Å²) in [5, 5.41) is 11.4. The van der Waals surface area contributed by atoms with Gasteiger partial charge in [-0.05, 0) is 12.1 Å². The predicted octanol–water partition coefficient (Wildman–Crippen LogP) is 2.04. The summed E-state index contributed by atoms with van der Waals surface area (Å²) >= 11 is 3.26. The third kappa shape index (κ3) is 3.45. The number of hydrogen-bond acceptors (Lipinski definition) is 3. The van der Waals surface area contributed by atoms with Crippen LogP contribution in [0.4, 0.5) is 5.69 Å². The third-order valence-corrected chi connectivity index (χ3v) is 2.81. The zero-order chi connectivity index (χ0) is 13.0. The number of benzene rings is 1. The summed E-state index contributed by atoms with van der Waals surface area (Å²) in [5.74, 6) is -0.835. The number of hydrogen-bond donors (Lipinski definition) is 2. The number of aliphatic carboxylic acids is 1. The highest BCUT2D eigenvalue weighted by Crippen LogP contribution is 2.34. The lowest BCUT2D eigenvalue weighted by molar-refractivity contribution is -0.136. The highest BCUT2D eigenvalue weighted by molar-refractivity contribution is 9.10. The van der Waals surface area contributed by atoms with Crippen LogP contribution in [-0.4, -0.2) is 24.1 Å².